The van der Waals surface area contributed by atoms with Crippen LogP contribution in [0.4, 0.5) is 0 Å². The predicted octanol–water partition coefficient (Wildman–Crippen LogP) is 0.744. The fraction of sp³-hybridized carbons (Fsp3) is 0.417. The number of hydrogen-bond donors (Lipinski definition) is 4. The van der Waals surface area contributed by atoms with Gasteiger partial charge in [-0.2, -0.15) is 0 Å². The average molecular weight is 275 g/mol. The minimum atomic E-state index is -1.25. The summed E-state index contributed by atoms with van der Waals surface area (Å²) >= 11 is 5.77. The second-order valence-corrected chi connectivity index (χ2v) is 4.37. The molecule has 0 fully saturated rings. The average Bonchev–Trinajstić information content (AvgIpc) is 2.28. The Labute approximate surface area is 109 Å². The van der Waals surface area contributed by atoms with Gasteiger partial charge in [0.2, 0.25) is 0 Å². The van der Waals surface area contributed by atoms with Crippen LogP contribution in [-0.4, -0.2) is 39.1 Å². The van der Waals surface area contributed by atoms with Crippen molar-refractivity contribution in [3.05, 3.63) is 34.3 Å². The van der Waals surface area contributed by atoms with E-state index in [1.54, 1.807) is 0 Å². The van der Waals surface area contributed by atoms with Crippen LogP contribution >= 0.6 is 11.6 Å². The number of halogens is 1. The van der Waals surface area contributed by atoms with Crippen molar-refractivity contribution in [1.29, 1.82) is 0 Å². The van der Waals surface area contributed by atoms with Crippen molar-refractivity contribution in [1.82, 2.24) is 0 Å². The minimum absolute atomic E-state index is 0.0102. The van der Waals surface area contributed by atoms with Gasteiger partial charge in [0.05, 0.1) is 12.5 Å². The number of hydrogen-bond acceptors (Lipinski definition) is 4. The van der Waals surface area contributed by atoms with Gasteiger partial charge >= 0.3 is 5.97 Å². The lowest BCUT2D eigenvalue weighted by Gasteiger charge is -2.20. The Bertz CT molecular complexity index is 421. The molecule has 0 aromatic heterocycles. The molecule has 0 bridgehead atoms. The van der Waals surface area contributed by atoms with Crippen LogP contribution in [0.5, 0.6) is 0 Å². The van der Waals surface area contributed by atoms with Gasteiger partial charge in [0.15, 0.2) is 0 Å². The fourth-order valence-corrected chi connectivity index (χ4v) is 1.87. The molecule has 2 unspecified atom stereocenters. The number of benzene rings is 1. The summed E-state index contributed by atoms with van der Waals surface area (Å²) in [5.74, 6) is -1.05. The van der Waals surface area contributed by atoms with Crippen LogP contribution in [0, 0.1) is 0 Å². The van der Waals surface area contributed by atoms with Crippen LogP contribution in [0.3, 0.4) is 0 Å². The molecule has 0 radical (unpaired) electrons. The molecule has 0 aliphatic carbocycles. The quantitative estimate of drug-likeness (QED) is 0.613. The molecule has 0 spiro atoms. The van der Waals surface area contributed by atoms with Crippen molar-refractivity contribution in [2.45, 2.75) is 25.0 Å². The smallest absolute Gasteiger partial charge is 0.307 e. The van der Waals surface area contributed by atoms with Crippen LogP contribution in [0.15, 0.2) is 18.2 Å². The van der Waals surface area contributed by atoms with Gasteiger partial charge in [-0.3, -0.25) is 4.79 Å². The Kier molecular flexibility index (Phi) is 5.55. The van der Waals surface area contributed by atoms with E-state index in [-0.39, 0.29) is 19.4 Å². The van der Waals surface area contributed by atoms with Crippen LogP contribution in [0.25, 0.3) is 0 Å². The van der Waals surface area contributed by atoms with Gasteiger partial charge in [-0.15, -0.1) is 0 Å². The van der Waals surface area contributed by atoms with Gasteiger partial charge in [-0.1, -0.05) is 17.7 Å². The summed E-state index contributed by atoms with van der Waals surface area (Å²) in [5, 5.41) is 37.4. The molecule has 6 heteroatoms. The summed E-state index contributed by atoms with van der Waals surface area (Å²) in [6.07, 6.45) is -2.68. The number of carboxylic acids is 1. The zero-order valence-electron chi connectivity index (χ0n) is 9.58. The van der Waals surface area contributed by atoms with Gasteiger partial charge in [-0.05, 0) is 29.7 Å². The molecule has 5 nitrogen and oxygen atoms in total. The molecule has 0 amide bonds. The predicted molar refractivity (Wildman–Crippen MR) is 65.5 cm³/mol. The van der Waals surface area contributed by atoms with E-state index in [0.717, 1.165) is 0 Å². The highest BCUT2D eigenvalue weighted by molar-refractivity contribution is 6.30. The van der Waals surface area contributed by atoms with Crippen LogP contribution < -0.4 is 0 Å². The number of carboxylic acid groups (broad SMARTS) is 1. The van der Waals surface area contributed by atoms with Crippen LogP contribution in [0.1, 0.15) is 23.7 Å². The third-order valence-electron chi connectivity index (χ3n) is 2.55. The molecular formula is C12H15ClO5. The molecular weight excluding hydrogens is 260 g/mol. The van der Waals surface area contributed by atoms with E-state index in [2.05, 4.69) is 0 Å². The zero-order valence-corrected chi connectivity index (χ0v) is 10.3. The van der Waals surface area contributed by atoms with Gasteiger partial charge in [0.1, 0.15) is 6.10 Å². The van der Waals surface area contributed by atoms with Crippen LogP contribution in [-0.2, 0) is 11.2 Å². The molecule has 1 rings (SSSR count). The number of aliphatic hydroxyl groups excluding tert-OH is 3. The van der Waals surface area contributed by atoms with Crippen molar-refractivity contribution < 1.29 is 25.2 Å². The standard InChI is InChI=1S/C12H15ClO5/c13-8-1-2-9(7(5-8)6-11(16)17)12(18)10(15)3-4-14/h1-2,5,10,12,14-15,18H,3-4,6H2,(H,16,17). The molecule has 1 aromatic rings. The summed E-state index contributed by atoms with van der Waals surface area (Å²) < 4.78 is 0. The van der Waals surface area contributed by atoms with E-state index >= 15 is 0 Å². The van der Waals surface area contributed by atoms with Crippen molar-refractivity contribution in [3.8, 4) is 0 Å². The summed E-state index contributed by atoms with van der Waals surface area (Å²) in [4.78, 5) is 10.7. The second-order valence-electron chi connectivity index (χ2n) is 3.94. The van der Waals surface area contributed by atoms with E-state index in [4.69, 9.17) is 21.8 Å². The maximum absolute atomic E-state index is 10.7. The zero-order chi connectivity index (χ0) is 13.7. The maximum Gasteiger partial charge on any atom is 0.307 e. The van der Waals surface area contributed by atoms with Crippen molar-refractivity contribution >= 4 is 17.6 Å². The molecule has 1 aromatic carbocycles. The van der Waals surface area contributed by atoms with E-state index in [1.807, 2.05) is 0 Å². The number of carbonyl (C=O) groups is 1. The van der Waals surface area contributed by atoms with Crippen LogP contribution in [0.2, 0.25) is 5.02 Å². The lowest BCUT2D eigenvalue weighted by molar-refractivity contribution is -0.136. The number of aliphatic hydroxyl groups is 3. The van der Waals surface area contributed by atoms with Crippen molar-refractivity contribution in [2.75, 3.05) is 6.61 Å². The first-order valence-electron chi connectivity index (χ1n) is 5.42. The largest absolute Gasteiger partial charge is 0.481 e. The normalized spacial score (nSPS) is 14.2. The molecule has 0 saturated heterocycles. The first kappa shape index (κ1) is 14.9. The minimum Gasteiger partial charge on any atom is -0.481 e. The Morgan fingerprint density at radius 3 is 2.56 bits per heavy atom. The number of aliphatic carboxylic acids is 1. The van der Waals surface area contributed by atoms with E-state index in [9.17, 15) is 15.0 Å². The molecule has 0 saturated carbocycles. The van der Waals surface area contributed by atoms with Gasteiger partial charge in [0.25, 0.3) is 0 Å². The first-order valence-corrected chi connectivity index (χ1v) is 5.80. The maximum atomic E-state index is 10.7. The Balaban J connectivity index is 3.02. The van der Waals surface area contributed by atoms with Gasteiger partial charge < -0.3 is 20.4 Å². The first-order chi connectivity index (χ1) is 8.45. The highest BCUT2D eigenvalue weighted by Crippen LogP contribution is 2.26. The molecule has 2 atom stereocenters. The third-order valence-corrected chi connectivity index (χ3v) is 2.79. The third kappa shape index (κ3) is 3.96. The number of rotatable bonds is 6. The summed E-state index contributed by atoms with van der Waals surface area (Å²) in [6.45, 7) is -0.264. The second kappa shape index (κ2) is 6.70. The molecule has 18 heavy (non-hydrogen) atoms. The molecule has 0 heterocycles. The van der Waals surface area contributed by atoms with Crippen molar-refractivity contribution in [3.63, 3.8) is 0 Å². The highest BCUT2D eigenvalue weighted by Gasteiger charge is 2.21. The van der Waals surface area contributed by atoms with E-state index in [1.165, 1.54) is 18.2 Å². The van der Waals surface area contributed by atoms with E-state index < -0.39 is 18.2 Å². The molecule has 100 valence electrons. The topological polar surface area (TPSA) is 98.0 Å². The molecule has 0 aliphatic heterocycles. The Morgan fingerprint density at radius 2 is 2.00 bits per heavy atom. The molecule has 4 N–H and O–H groups in total. The monoisotopic (exact) mass is 274 g/mol. The SMILES string of the molecule is O=C(O)Cc1cc(Cl)ccc1C(O)C(O)CCO. The van der Waals surface area contributed by atoms with Gasteiger partial charge in [0, 0.05) is 11.6 Å². The lowest BCUT2D eigenvalue weighted by Crippen LogP contribution is -2.21. The molecule has 0 aliphatic rings. The Morgan fingerprint density at radius 1 is 1.33 bits per heavy atom. The lowest BCUT2D eigenvalue weighted by atomic mass is 9.95. The summed E-state index contributed by atoms with van der Waals surface area (Å²) in [6, 6.07) is 4.43. The summed E-state index contributed by atoms with van der Waals surface area (Å²) in [5.41, 5.74) is 0.655. The highest BCUT2D eigenvalue weighted by atomic mass is 35.5. The van der Waals surface area contributed by atoms with Crippen molar-refractivity contribution in [2.24, 2.45) is 0 Å². The van der Waals surface area contributed by atoms with E-state index in [0.29, 0.717) is 16.1 Å². The fourth-order valence-electron chi connectivity index (χ4n) is 1.68. The summed E-state index contributed by atoms with van der Waals surface area (Å²) in [7, 11) is 0. The van der Waals surface area contributed by atoms with Gasteiger partial charge in [-0.25, -0.2) is 0 Å². The Hall–Kier alpha value is -1.14.